The van der Waals surface area contributed by atoms with Gasteiger partial charge < -0.3 is 5.11 Å². The monoisotopic (exact) mass is 343 g/mol. The Hall–Kier alpha value is -2.98. The number of aliphatic hydroxyl groups is 1. The van der Waals surface area contributed by atoms with E-state index < -0.39 is 6.10 Å². The first-order valence-corrected chi connectivity index (χ1v) is 8.74. The summed E-state index contributed by atoms with van der Waals surface area (Å²) >= 11 is 0. The number of aryl methyl sites for hydroxylation is 2. The molecule has 0 aliphatic rings. The number of benzene rings is 3. The van der Waals surface area contributed by atoms with Crippen LogP contribution in [0.2, 0.25) is 0 Å². The highest BCUT2D eigenvalue weighted by Crippen LogP contribution is 2.34. The standard InChI is InChI=1S/C22H21N3O/c1-15-7-11-17(12-8-15)21(22(26)18-13-9-16(2)10-14-18)25-20-6-4-3-5-19(20)23-24-25/h3-14,21-22,26H,1-2H3. The molecule has 0 fully saturated rings. The molecule has 0 saturated heterocycles. The predicted octanol–water partition coefficient (Wildman–Crippen LogP) is 4.37. The van der Waals surface area contributed by atoms with Crippen molar-refractivity contribution >= 4 is 11.0 Å². The second-order valence-corrected chi connectivity index (χ2v) is 6.73. The Bertz CT molecular complexity index is 1020. The van der Waals surface area contributed by atoms with Gasteiger partial charge in [0.15, 0.2) is 0 Å². The van der Waals surface area contributed by atoms with Gasteiger partial charge in [0.2, 0.25) is 0 Å². The SMILES string of the molecule is Cc1ccc(C(O)C(c2ccc(C)cc2)n2nnc3ccccc32)cc1. The summed E-state index contributed by atoms with van der Waals surface area (Å²) in [5, 5.41) is 19.9. The van der Waals surface area contributed by atoms with Gasteiger partial charge in [-0.1, -0.05) is 77.0 Å². The van der Waals surface area contributed by atoms with Gasteiger partial charge in [0, 0.05) is 0 Å². The van der Waals surface area contributed by atoms with E-state index in [1.54, 1.807) is 0 Å². The lowest BCUT2D eigenvalue weighted by Crippen LogP contribution is -2.20. The van der Waals surface area contributed by atoms with Gasteiger partial charge in [0.25, 0.3) is 0 Å². The molecule has 4 aromatic rings. The summed E-state index contributed by atoms with van der Waals surface area (Å²) in [6.45, 7) is 4.10. The van der Waals surface area contributed by atoms with Crippen LogP contribution in [0.15, 0.2) is 72.8 Å². The Morgan fingerprint density at radius 2 is 1.35 bits per heavy atom. The molecule has 0 aliphatic heterocycles. The summed E-state index contributed by atoms with van der Waals surface area (Å²) < 4.78 is 1.82. The van der Waals surface area contributed by atoms with Gasteiger partial charge in [-0.3, -0.25) is 0 Å². The molecule has 2 unspecified atom stereocenters. The molecule has 0 amide bonds. The average molecular weight is 343 g/mol. The predicted molar refractivity (Wildman–Crippen MR) is 103 cm³/mol. The molecule has 2 atom stereocenters. The quantitative estimate of drug-likeness (QED) is 0.598. The van der Waals surface area contributed by atoms with Crippen molar-refractivity contribution in [3.63, 3.8) is 0 Å². The molecular formula is C22H21N3O. The summed E-state index contributed by atoms with van der Waals surface area (Å²) in [4.78, 5) is 0. The molecule has 26 heavy (non-hydrogen) atoms. The first-order chi connectivity index (χ1) is 12.6. The first-order valence-electron chi connectivity index (χ1n) is 8.74. The molecule has 1 N–H and O–H groups in total. The van der Waals surface area contributed by atoms with Crippen LogP contribution in [0.5, 0.6) is 0 Å². The number of aromatic nitrogens is 3. The summed E-state index contributed by atoms with van der Waals surface area (Å²) in [5.74, 6) is 0. The number of hydrogen-bond donors (Lipinski definition) is 1. The lowest BCUT2D eigenvalue weighted by molar-refractivity contribution is 0.126. The maximum atomic E-state index is 11.2. The van der Waals surface area contributed by atoms with E-state index in [-0.39, 0.29) is 6.04 Å². The zero-order valence-electron chi connectivity index (χ0n) is 14.9. The third kappa shape index (κ3) is 3.00. The minimum atomic E-state index is -0.733. The number of fused-ring (bicyclic) bond motifs is 1. The molecule has 4 heteroatoms. The minimum Gasteiger partial charge on any atom is -0.386 e. The van der Waals surface area contributed by atoms with Gasteiger partial charge in [-0.25, -0.2) is 4.68 Å². The van der Waals surface area contributed by atoms with Crippen molar-refractivity contribution in [1.82, 2.24) is 15.0 Å². The zero-order valence-corrected chi connectivity index (χ0v) is 14.9. The van der Waals surface area contributed by atoms with Crippen molar-refractivity contribution in [1.29, 1.82) is 0 Å². The Balaban J connectivity index is 1.86. The number of hydrogen-bond acceptors (Lipinski definition) is 3. The topological polar surface area (TPSA) is 50.9 Å². The van der Waals surface area contributed by atoms with E-state index in [0.717, 1.165) is 22.2 Å². The third-order valence-electron chi connectivity index (χ3n) is 4.78. The second-order valence-electron chi connectivity index (χ2n) is 6.73. The molecule has 130 valence electrons. The molecule has 0 spiro atoms. The van der Waals surface area contributed by atoms with Crippen LogP contribution in [0.25, 0.3) is 11.0 Å². The van der Waals surface area contributed by atoms with Crippen molar-refractivity contribution < 1.29 is 5.11 Å². The lowest BCUT2D eigenvalue weighted by Gasteiger charge is -2.25. The number of rotatable bonds is 4. The summed E-state index contributed by atoms with van der Waals surface area (Å²) in [6, 6.07) is 23.7. The van der Waals surface area contributed by atoms with Crippen molar-refractivity contribution in [3.8, 4) is 0 Å². The normalized spacial score (nSPS) is 13.7. The van der Waals surface area contributed by atoms with E-state index in [4.69, 9.17) is 0 Å². The van der Waals surface area contributed by atoms with Gasteiger partial charge >= 0.3 is 0 Å². The van der Waals surface area contributed by atoms with E-state index in [9.17, 15) is 5.11 Å². The van der Waals surface area contributed by atoms with Crippen molar-refractivity contribution in [2.24, 2.45) is 0 Å². The highest BCUT2D eigenvalue weighted by Gasteiger charge is 2.27. The van der Waals surface area contributed by atoms with Gasteiger partial charge in [0.05, 0.1) is 5.52 Å². The Kier molecular flexibility index (Phi) is 4.27. The molecule has 3 aromatic carbocycles. The van der Waals surface area contributed by atoms with E-state index in [1.807, 2.05) is 72.3 Å². The van der Waals surface area contributed by atoms with Crippen LogP contribution in [0.1, 0.15) is 34.4 Å². The number of nitrogens with zero attached hydrogens (tertiary/aromatic N) is 3. The maximum absolute atomic E-state index is 11.2. The second kappa shape index (κ2) is 6.73. The Morgan fingerprint density at radius 3 is 2.00 bits per heavy atom. The fourth-order valence-corrected chi connectivity index (χ4v) is 3.26. The van der Waals surface area contributed by atoms with Crippen molar-refractivity contribution in [2.75, 3.05) is 0 Å². The molecular weight excluding hydrogens is 322 g/mol. The molecule has 4 nitrogen and oxygen atoms in total. The van der Waals surface area contributed by atoms with Gasteiger partial charge in [0.1, 0.15) is 17.7 Å². The van der Waals surface area contributed by atoms with E-state index >= 15 is 0 Å². The highest BCUT2D eigenvalue weighted by atomic mass is 16.3. The van der Waals surface area contributed by atoms with Crippen LogP contribution in [0, 0.1) is 13.8 Å². The van der Waals surface area contributed by atoms with Crippen LogP contribution in [0.3, 0.4) is 0 Å². The van der Waals surface area contributed by atoms with Gasteiger partial charge in [-0.2, -0.15) is 0 Å². The molecule has 0 radical (unpaired) electrons. The average Bonchev–Trinajstić information content (AvgIpc) is 3.08. The summed E-state index contributed by atoms with van der Waals surface area (Å²) in [5.41, 5.74) is 5.94. The van der Waals surface area contributed by atoms with Crippen LogP contribution >= 0.6 is 0 Å². The molecule has 0 aliphatic carbocycles. The van der Waals surface area contributed by atoms with E-state index in [0.29, 0.717) is 0 Å². The molecule has 0 bridgehead atoms. The van der Waals surface area contributed by atoms with Gasteiger partial charge in [-0.15, -0.1) is 5.10 Å². The first kappa shape index (κ1) is 16.5. The smallest absolute Gasteiger partial charge is 0.113 e. The van der Waals surface area contributed by atoms with Crippen LogP contribution < -0.4 is 0 Å². The fourth-order valence-electron chi connectivity index (χ4n) is 3.26. The number of para-hydroxylation sites is 1. The lowest BCUT2D eigenvalue weighted by atomic mass is 9.94. The largest absolute Gasteiger partial charge is 0.386 e. The summed E-state index contributed by atoms with van der Waals surface area (Å²) in [7, 11) is 0. The minimum absolute atomic E-state index is 0.356. The van der Waals surface area contributed by atoms with Crippen molar-refractivity contribution in [2.45, 2.75) is 26.0 Å². The van der Waals surface area contributed by atoms with E-state index in [2.05, 4.69) is 29.4 Å². The van der Waals surface area contributed by atoms with Crippen LogP contribution in [-0.2, 0) is 0 Å². The zero-order chi connectivity index (χ0) is 18.1. The van der Waals surface area contributed by atoms with Crippen LogP contribution in [-0.4, -0.2) is 20.1 Å². The Morgan fingerprint density at radius 1 is 0.769 bits per heavy atom. The third-order valence-corrected chi connectivity index (χ3v) is 4.78. The highest BCUT2D eigenvalue weighted by molar-refractivity contribution is 5.74. The maximum Gasteiger partial charge on any atom is 0.113 e. The Labute approximate surface area is 152 Å². The van der Waals surface area contributed by atoms with Crippen molar-refractivity contribution in [3.05, 3.63) is 95.1 Å². The van der Waals surface area contributed by atoms with Crippen LogP contribution in [0.4, 0.5) is 0 Å². The fraction of sp³-hybridized carbons (Fsp3) is 0.182. The molecule has 1 heterocycles. The molecule has 1 aromatic heterocycles. The van der Waals surface area contributed by atoms with E-state index in [1.165, 1.54) is 11.1 Å². The summed E-state index contributed by atoms with van der Waals surface area (Å²) in [6.07, 6.45) is -0.733. The van der Waals surface area contributed by atoms with Gasteiger partial charge in [-0.05, 0) is 37.1 Å². The molecule has 0 saturated carbocycles. The molecule has 4 rings (SSSR count). The number of aliphatic hydroxyl groups excluding tert-OH is 1.